The summed E-state index contributed by atoms with van der Waals surface area (Å²) >= 11 is 1.14. The van der Waals surface area contributed by atoms with Crippen molar-refractivity contribution in [3.63, 3.8) is 0 Å². The molecule has 2 aromatic rings. The van der Waals surface area contributed by atoms with Gasteiger partial charge in [-0.15, -0.1) is 5.10 Å². The van der Waals surface area contributed by atoms with Gasteiger partial charge in [0, 0.05) is 12.5 Å². The van der Waals surface area contributed by atoms with Gasteiger partial charge in [0.1, 0.15) is 10.6 Å². The first kappa shape index (κ1) is 12.8. The zero-order valence-corrected chi connectivity index (χ0v) is 11.2. The van der Waals surface area contributed by atoms with Gasteiger partial charge in [0.25, 0.3) is 5.91 Å². The molecule has 0 spiro atoms. The molecule has 0 unspecified atom stereocenters. The summed E-state index contributed by atoms with van der Waals surface area (Å²) in [7, 11) is 0. The van der Waals surface area contributed by atoms with E-state index in [1.54, 1.807) is 6.26 Å². The van der Waals surface area contributed by atoms with Crippen LogP contribution in [-0.4, -0.2) is 21.5 Å². The normalized spacial score (nSPS) is 12.3. The number of rotatable bonds is 5. The molecule has 0 aliphatic carbocycles. The molecule has 6 heteroatoms. The molecule has 2 aromatic heterocycles. The number of nitrogens with one attached hydrogen (secondary N) is 1. The second-order valence-corrected chi connectivity index (χ2v) is 4.81. The Labute approximate surface area is 109 Å². The topological polar surface area (TPSA) is 68.0 Å². The van der Waals surface area contributed by atoms with Crippen molar-refractivity contribution in [1.82, 2.24) is 14.9 Å². The monoisotopic (exact) mass is 265 g/mol. The van der Waals surface area contributed by atoms with Crippen molar-refractivity contribution in [2.24, 2.45) is 0 Å². The van der Waals surface area contributed by atoms with E-state index in [0.717, 1.165) is 23.0 Å². The van der Waals surface area contributed by atoms with Gasteiger partial charge in [0.2, 0.25) is 0 Å². The molecule has 0 fully saturated rings. The third-order valence-corrected chi connectivity index (χ3v) is 3.33. The maximum Gasteiger partial charge on any atom is 0.265 e. The van der Waals surface area contributed by atoms with Crippen LogP contribution >= 0.6 is 11.5 Å². The minimum Gasteiger partial charge on any atom is -0.469 e. The van der Waals surface area contributed by atoms with Gasteiger partial charge in [-0.2, -0.15) is 0 Å². The second kappa shape index (κ2) is 5.77. The maximum absolute atomic E-state index is 12.0. The van der Waals surface area contributed by atoms with Crippen molar-refractivity contribution in [3.05, 3.63) is 34.7 Å². The summed E-state index contributed by atoms with van der Waals surface area (Å²) in [5.74, 6) is 0.752. The summed E-state index contributed by atoms with van der Waals surface area (Å²) in [5.41, 5.74) is 0.752. The molecule has 5 nitrogen and oxygen atoms in total. The van der Waals surface area contributed by atoms with E-state index in [4.69, 9.17) is 4.42 Å². The molecule has 2 heterocycles. The van der Waals surface area contributed by atoms with Gasteiger partial charge in [0.15, 0.2) is 0 Å². The van der Waals surface area contributed by atoms with Gasteiger partial charge >= 0.3 is 0 Å². The van der Waals surface area contributed by atoms with Crippen molar-refractivity contribution < 1.29 is 9.21 Å². The summed E-state index contributed by atoms with van der Waals surface area (Å²) in [4.78, 5) is 12.6. The molecular formula is C12H15N3O2S. The number of nitrogens with zero attached hydrogens (tertiary/aromatic N) is 2. The molecule has 1 atom stereocenters. The van der Waals surface area contributed by atoms with Crippen LogP contribution in [-0.2, 0) is 12.8 Å². The Morgan fingerprint density at radius 2 is 2.44 bits per heavy atom. The summed E-state index contributed by atoms with van der Waals surface area (Å²) in [6.07, 6.45) is 3.02. The number of hydrogen-bond acceptors (Lipinski definition) is 5. The van der Waals surface area contributed by atoms with Gasteiger partial charge in [-0.1, -0.05) is 11.4 Å². The van der Waals surface area contributed by atoms with Gasteiger partial charge in [-0.25, -0.2) is 0 Å². The van der Waals surface area contributed by atoms with Crippen LogP contribution in [0.2, 0.25) is 0 Å². The number of amides is 1. The molecule has 1 amide bonds. The molecule has 96 valence electrons. The molecule has 0 radical (unpaired) electrons. The fraction of sp³-hybridized carbons (Fsp3) is 0.417. The van der Waals surface area contributed by atoms with Crippen molar-refractivity contribution in [2.75, 3.05) is 0 Å². The number of carbonyl (C=O) groups is 1. The first-order chi connectivity index (χ1) is 8.70. The Hall–Kier alpha value is -1.69. The predicted octanol–water partition coefficient (Wildman–Crippen LogP) is 2.05. The Bertz CT molecular complexity index is 507. The Morgan fingerprint density at radius 3 is 3.11 bits per heavy atom. The standard InChI is InChI=1S/C12H15N3O2S/c1-3-10-11(18-15-14-10)12(16)13-8(2)7-9-5-4-6-17-9/h4-6,8H,3,7H2,1-2H3,(H,13,16)/t8-/m1/s1. The first-order valence-corrected chi connectivity index (χ1v) is 6.62. The molecule has 0 bridgehead atoms. The van der Waals surface area contributed by atoms with Crippen LogP contribution in [0.3, 0.4) is 0 Å². The second-order valence-electron chi connectivity index (χ2n) is 4.06. The lowest BCUT2D eigenvalue weighted by Gasteiger charge is -2.11. The Kier molecular flexibility index (Phi) is 4.09. The minimum atomic E-state index is -0.110. The lowest BCUT2D eigenvalue weighted by atomic mass is 10.2. The van der Waals surface area contributed by atoms with E-state index in [9.17, 15) is 4.79 Å². The average molecular weight is 265 g/mol. The van der Waals surface area contributed by atoms with E-state index in [1.807, 2.05) is 26.0 Å². The number of furan rings is 1. The van der Waals surface area contributed by atoms with E-state index in [0.29, 0.717) is 17.7 Å². The molecule has 0 saturated carbocycles. The van der Waals surface area contributed by atoms with Crippen LogP contribution in [0, 0.1) is 0 Å². The smallest absolute Gasteiger partial charge is 0.265 e. The van der Waals surface area contributed by atoms with Gasteiger partial charge < -0.3 is 9.73 Å². The molecule has 0 aliphatic heterocycles. The fourth-order valence-electron chi connectivity index (χ4n) is 1.68. The van der Waals surface area contributed by atoms with Crippen LogP contribution in [0.5, 0.6) is 0 Å². The van der Waals surface area contributed by atoms with E-state index >= 15 is 0 Å². The SMILES string of the molecule is CCc1nnsc1C(=O)N[C@H](C)Cc1ccco1. The predicted molar refractivity (Wildman–Crippen MR) is 68.6 cm³/mol. The van der Waals surface area contributed by atoms with E-state index in [-0.39, 0.29) is 11.9 Å². The van der Waals surface area contributed by atoms with Gasteiger partial charge in [-0.3, -0.25) is 4.79 Å². The molecule has 18 heavy (non-hydrogen) atoms. The minimum absolute atomic E-state index is 0.00968. The highest BCUT2D eigenvalue weighted by molar-refractivity contribution is 7.08. The number of carbonyl (C=O) groups excluding carboxylic acids is 1. The van der Waals surface area contributed by atoms with Crippen molar-refractivity contribution in [3.8, 4) is 0 Å². The van der Waals surface area contributed by atoms with Crippen molar-refractivity contribution in [1.29, 1.82) is 0 Å². The zero-order chi connectivity index (χ0) is 13.0. The Balaban J connectivity index is 1.95. The van der Waals surface area contributed by atoms with Gasteiger partial charge in [-0.05, 0) is 37.0 Å². The lowest BCUT2D eigenvalue weighted by molar-refractivity contribution is 0.0942. The van der Waals surface area contributed by atoms with Crippen LogP contribution in [0.25, 0.3) is 0 Å². The highest BCUT2D eigenvalue weighted by Gasteiger charge is 2.17. The number of aromatic nitrogens is 2. The molecule has 2 rings (SSSR count). The highest BCUT2D eigenvalue weighted by atomic mass is 32.1. The molecule has 0 aliphatic rings. The first-order valence-electron chi connectivity index (χ1n) is 5.85. The van der Waals surface area contributed by atoms with Crippen molar-refractivity contribution in [2.45, 2.75) is 32.7 Å². The van der Waals surface area contributed by atoms with Crippen LogP contribution in [0.4, 0.5) is 0 Å². The molecule has 0 saturated heterocycles. The summed E-state index contributed by atoms with van der Waals surface area (Å²) < 4.78 is 9.06. The molecular weight excluding hydrogens is 250 g/mol. The number of hydrogen-bond donors (Lipinski definition) is 1. The lowest BCUT2D eigenvalue weighted by Crippen LogP contribution is -2.34. The maximum atomic E-state index is 12.0. The largest absolute Gasteiger partial charge is 0.469 e. The number of aryl methyl sites for hydroxylation is 1. The Morgan fingerprint density at radius 1 is 1.61 bits per heavy atom. The highest BCUT2D eigenvalue weighted by Crippen LogP contribution is 2.12. The third kappa shape index (κ3) is 2.95. The van der Waals surface area contributed by atoms with E-state index in [2.05, 4.69) is 14.9 Å². The van der Waals surface area contributed by atoms with Crippen molar-refractivity contribution >= 4 is 17.4 Å². The summed E-state index contributed by atoms with van der Waals surface area (Å²) in [5, 5.41) is 6.85. The molecule has 0 aromatic carbocycles. The summed E-state index contributed by atoms with van der Waals surface area (Å²) in [6, 6.07) is 3.75. The fourth-order valence-corrected chi connectivity index (χ4v) is 2.34. The van der Waals surface area contributed by atoms with Crippen LogP contribution < -0.4 is 5.32 Å². The van der Waals surface area contributed by atoms with E-state index < -0.39 is 0 Å². The van der Waals surface area contributed by atoms with Crippen LogP contribution in [0.1, 0.15) is 35.0 Å². The zero-order valence-electron chi connectivity index (χ0n) is 10.3. The van der Waals surface area contributed by atoms with Crippen LogP contribution in [0.15, 0.2) is 22.8 Å². The van der Waals surface area contributed by atoms with E-state index in [1.165, 1.54) is 0 Å². The quantitative estimate of drug-likeness (QED) is 0.898. The third-order valence-electron chi connectivity index (χ3n) is 2.56. The summed E-state index contributed by atoms with van der Waals surface area (Å²) in [6.45, 7) is 3.90. The molecule has 1 N–H and O–H groups in total. The van der Waals surface area contributed by atoms with Gasteiger partial charge in [0.05, 0.1) is 12.0 Å². The average Bonchev–Trinajstić information content (AvgIpc) is 2.97.